The Morgan fingerprint density at radius 2 is 1.56 bits per heavy atom. The fraction of sp³-hybridized carbons (Fsp3) is 0.647. The Morgan fingerprint density at radius 3 is 2.06 bits per heavy atom. The van der Waals surface area contributed by atoms with Crippen LogP contribution in [0.25, 0.3) is 0 Å². The topological polar surface area (TPSA) is 26.0 Å². The normalized spacial score (nSPS) is 12.8. The van der Waals surface area contributed by atoms with Gasteiger partial charge in [-0.2, -0.15) is 0 Å². The first-order valence-electron chi connectivity index (χ1n) is 7.29. The molecule has 0 radical (unpaired) electrons. The second-order valence-electron chi connectivity index (χ2n) is 5.68. The maximum atomic E-state index is 6.08. The lowest BCUT2D eigenvalue weighted by Gasteiger charge is -2.16. The zero-order chi connectivity index (χ0) is 13.7. The van der Waals surface area contributed by atoms with Crippen LogP contribution in [-0.4, -0.2) is 6.04 Å². The average molecular weight is 247 g/mol. The van der Waals surface area contributed by atoms with Gasteiger partial charge in [0.15, 0.2) is 0 Å². The number of rotatable bonds is 6. The van der Waals surface area contributed by atoms with E-state index in [2.05, 4.69) is 40.7 Å². The van der Waals surface area contributed by atoms with Gasteiger partial charge in [-0.25, -0.2) is 0 Å². The SMILES string of the molecule is CCCC(N)CCCc1c(C)c(C)cc(C)c1C. The van der Waals surface area contributed by atoms with Crippen LogP contribution in [0.15, 0.2) is 6.07 Å². The third-order valence-electron chi connectivity index (χ3n) is 4.18. The summed E-state index contributed by atoms with van der Waals surface area (Å²) < 4.78 is 0. The molecule has 1 rings (SSSR count). The summed E-state index contributed by atoms with van der Waals surface area (Å²) in [4.78, 5) is 0. The minimum Gasteiger partial charge on any atom is -0.328 e. The van der Waals surface area contributed by atoms with Crippen molar-refractivity contribution in [3.63, 3.8) is 0 Å². The van der Waals surface area contributed by atoms with E-state index in [4.69, 9.17) is 5.73 Å². The van der Waals surface area contributed by atoms with Gasteiger partial charge >= 0.3 is 0 Å². The molecule has 1 unspecified atom stereocenters. The number of nitrogens with two attached hydrogens (primary N) is 1. The van der Waals surface area contributed by atoms with Crippen LogP contribution in [0, 0.1) is 27.7 Å². The van der Waals surface area contributed by atoms with Crippen molar-refractivity contribution in [1.29, 1.82) is 0 Å². The molecule has 0 saturated carbocycles. The molecular weight excluding hydrogens is 218 g/mol. The Kier molecular flexibility index (Phi) is 5.87. The molecular formula is C17H29N. The van der Waals surface area contributed by atoms with Gasteiger partial charge < -0.3 is 5.73 Å². The zero-order valence-electron chi connectivity index (χ0n) is 12.8. The van der Waals surface area contributed by atoms with E-state index in [1.54, 1.807) is 5.56 Å². The zero-order valence-corrected chi connectivity index (χ0v) is 12.8. The molecule has 0 aliphatic heterocycles. The molecule has 0 aliphatic rings. The van der Waals surface area contributed by atoms with Gasteiger partial charge in [-0.1, -0.05) is 19.4 Å². The lowest BCUT2D eigenvalue weighted by Crippen LogP contribution is -2.19. The van der Waals surface area contributed by atoms with Gasteiger partial charge in [0.1, 0.15) is 0 Å². The molecule has 1 aromatic carbocycles. The lowest BCUT2D eigenvalue weighted by atomic mass is 9.90. The molecule has 0 aliphatic carbocycles. The van der Waals surface area contributed by atoms with Crippen molar-refractivity contribution in [2.75, 3.05) is 0 Å². The number of hydrogen-bond acceptors (Lipinski definition) is 1. The summed E-state index contributed by atoms with van der Waals surface area (Å²) in [5.74, 6) is 0. The van der Waals surface area contributed by atoms with E-state index in [-0.39, 0.29) is 0 Å². The summed E-state index contributed by atoms with van der Waals surface area (Å²) >= 11 is 0. The maximum Gasteiger partial charge on any atom is 0.00388 e. The smallest absolute Gasteiger partial charge is 0.00388 e. The highest BCUT2D eigenvalue weighted by atomic mass is 14.6. The van der Waals surface area contributed by atoms with Gasteiger partial charge in [0.05, 0.1) is 0 Å². The standard InChI is InChI=1S/C17H29N/c1-6-8-16(18)9-7-10-17-14(4)12(2)11-13(3)15(17)5/h11,16H,6-10,18H2,1-5H3. The van der Waals surface area contributed by atoms with Crippen LogP contribution in [0.3, 0.4) is 0 Å². The predicted octanol–water partition coefficient (Wildman–Crippen LogP) is 4.37. The van der Waals surface area contributed by atoms with Crippen molar-refractivity contribution in [2.45, 2.75) is 72.8 Å². The highest BCUT2D eigenvalue weighted by Gasteiger charge is 2.09. The van der Waals surface area contributed by atoms with Crippen LogP contribution in [0.4, 0.5) is 0 Å². The second kappa shape index (κ2) is 6.94. The maximum absolute atomic E-state index is 6.08. The molecule has 0 spiro atoms. The number of benzene rings is 1. The van der Waals surface area contributed by atoms with Crippen LogP contribution >= 0.6 is 0 Å². The summed E-state index contributed by atoms with van der Waals surface area (Å²) in [7, 11) is 0. The van der Waals surface area contributed by atoms with Crippen LogP contribution < -0.4 is 5.73 Å². The minimum atomic E-state index is 0.390. The second-order valence-corrected chi connectivity index (χ2v) is 5.68. The van der Waals surface area contributed by atoms with Crippen molar-refractivity contribution in [3.05, 3.63) is 33.9 Å². The van der Waals surface area contributed by atoms with Crippen molar-refractivity contribution in [1.82, 2.24) is 0 Å². The van der Waals surface area contributed by atoms with Crippen molar-refractivity contribution >= 4 is 0 Å². The van der Waals surface area contributed by atoms with Crippen LogP contribution in [0.2, 0.25) is 0 Å². The first-order chi connectivity index (χ1) is 8.47. The highest BCUT2D eigenvalue weighted by Crippen LogP contribution is 2.23. The number of hydrogen-bond donors (Lipinski definition) is 1. The Morgan fingerprint density at radius 1 is 1.00 bits per heavy atom. The number of aryl methyl sites for hydroxylation is 2. The van der Waals surface area contributed by atoms with Crippen molar-refractivity contribution in [3.8, 4) is 0 Å². The fourth-order valence-corrected chi connectivity index (χ4v) is 2.73. The van der Waals surface area contributed by atoms with Crippen LogP contribution in [0.5, 0.6) is 0 Å². The third-order valence-corrected chi connectivity index (χ3v) is 4.18. The lowest BCUT2D eigenvalue weighted by molar-refractivity contribution is 0.538. The molecule has 0 bridgehead atoms. The first-order valence-corrected chi connectivity index (χ1v) is 7.29. The largest absolute Gasteiger partial charge is 0.328 e. The van der Waals surface area contributed by atoms with E-state index in [9.17, 15) is 0 Å². The van der Waals surface area contributed by atoms with E-state index >= 15 is 0 Å². The molecule has 0 aromatic heterocycles. The van der Waals surface area contributed by atoms with E-state index < -0.39 is 0 Å². The molecule has 2 N–H and O–H groups in total. The summed E-state index contributed by atoms with van der Waals surface area (Å²) in [6, 6.07) is 2.69. The fourth-order valence-electron chi connectivity index (χ4n) is 2.73. The first kappa shape index (κ1) is 15.2. The van der Waals surface area contributed by atoms with Crippen LogP contribution in [0.1, 0.15) is 60.4 Å². The average Bonchev–Trinajstić information content (AvgIpc) is 2.31. The van der Waals surface area contributed by atoms with Crippen molar-refractivity contribution in [2.24, 2.45) is 5.73 Å². The molecule has 1 aromatic rings. The van der Waals surface area contributed by atoms with E-state index in [0.29, 0.717) is 6.04 Å². The quantitative estimate of drug-likeness (QED) is 0.793. The molecule has 18 heavy (non-hydrogen) atoms. The third kappa shape index (κ3) is 3.84. The molecule has 0 saturated heterocycles. The van der Waals surface area contributed by atoms with E-state index in [1.807, 2.05) is 0 Å². The molecule has 0 heterocycles. The summed E-state index contributed by atoms with van der Waals surface area (Å²) in [5, 5.41) is 0. The van der Waals surface area contributed by atoms with Gasteiger partial charge in [-0.3, -0.25) is 0 Å². The monoisotopic (exact) mass is 247 g/mol. The van der Waals surface area contributed by atoms with Gasteiger partial charge in [-0.15, -0.1) is 0 Å². The van der Waals surface area contributed by atoms with Gasteiger partial charge in [-0.05, 0) is 81.2 Å². The van der Waals surface area contributed by atoms with E-state index in [0.717, 1.165) is 12.8 Å². The summed E-state index contributed by atoms with van der Waals surface area (Å²) in [6.45, 7) is 11.1. The molecule has 0 amide bonds. The molecule has 102 valence electrons. The van der Waals surface area contributed by atoms with Gasteiger partial charge in [0.2, 0.25) is 0 Å². The van der Waals surface area contributed by atoms with Crippen LogP contribution in [-0.2, 0) is 6.42 Å². The Bertz CT molecular complexity index is 367. The Balaban J connectivity index is 2.67. The van der Waals surface area contributed by atoms with Crippen molar-refractivity contribution < 1.29 is 0 Å². The minimum absolute atomic E-state index is 0.390. The Hall–Kier alpha value is -0.820. The van der Waals surface area contributed by atoms with Gasteiger partial charge in [0, 0.05) is 6.04 Å². The summed E-state index contributed by atoms with van der Waals surface area (Å²) in [5.41, 5.74) is 13.4. The predicted molar refractivity (Wildman–Crippen MR) is 81.2 cm³/mol. The summed E-state index contributed by atoms with van der Waals surface area (Å²) in [6.07, 6.45) is 5.90. The van der Waals surface area contributed by atoms with E-state index in [1.165, 1.54) is 41.5 Å². The Labute approximate surface area is 113 Å². The highest BCUT2D eigenvalue weighted by molar-refractivity contribution is 5.44. The molecule has 1 atom stereocenters. The molecule has 1 heteroatoms. The van der Waals surface area contributed by atoms with Gasteiger partial charge in [0.25, 0.3) is 0 Å². The molecule has 0 fully saturated rings. The molecule has 1 nitrogen and oxygen atoms in total.